The van der Waals surface area contributed by atoms with Gasteiger partial charge in [-0.25, -0.2) is 0 Å². The normalized spacial score (nSPS) is 14.9. The molecule has 0 unspecified atom stereocenters. The number of carbonyl (C=O) groups excluding carboxylic acids is 1. The molecule has 2 nitrogen and oxygen atoms in total. The van der Waals surface area contributed by atoms with Gasteiger partial charge in [-0.05, 0) is 56.4 Å². The molecule has 0 spiro atoms. The number of rotatable bonds is 6. The third-order valence-corrected chi connectivity index (χ3v) is 3.42. The summed E-state index contributed by atoms with van der Waals surface area (Å²) in [6.45, 7) is 2.80. The highest BCUT2D eigenvalue weighted by molar-refractivity contribution is 5.97. The Labute approximate surface area is 115 Å². The molecular formula is C17H22O2. The second kappa shape index (κ2) is 7.13. The van der Waals surface area contributed by atoms with Gasteiger partial charge in [0.05, 0.1) is 6.61 Å². The third-order valence-electron chi connectivity index (χ3n) is 3.42. The lowest BCUT2D eigenvalue weighted by atomic mass is 9.94. The largest absolute Gasteiger partial charge is 0.494 e. The van der Waals surface area contributed by atoms with Crippen molar-refractivity contribution in [3.63, 3.8) is 0 Å². The minimum Gasteiger partial charge on any atom is -0.494 e. The first kappa shape index (κ1) is 13.9. The molecule has 1 aliphatic rings. The predicted octanol–water partition coefficient (Wildman–Crippen LogP) is 4.55. The fourth-order valence-corrected chi connectivity index (χ4v) is 2.33. The molecule has 0 saturated heterocycles. The van der Waals surface area contributed by atoms with Gasteiger partial charge in [-0.2, -0.15) is 0 Å². The van der Waals surface area contributed by atoms with Gasteiger partial charge in [0.25, 0.3) is 0 Å². The van der Waals surface area contributed by atoms with Gasteiger partial charge >= 0.3 is 0 Å². The Balaban J connectivity index is 1.93. The summed E-state index contributed by atoms with van der Waals surface area (Å²) >= 11 is 0. The zero-order valence-electron chi connectivity index (χ0n) is 11.7. The van der Waals surface area contributed by atoms with Crippen molar-refractivity contribution in [3.05, 3.63) is 41.5 Å². The Bertz CT molecular complexity index is 443. The van der Waals surface area contributed by atoms with Crippen LogP contribution in [0.5, 0.6) is 5.75 Å². The highest BCUT2D eigenvalue weighted by Crippen LogP contribution is 2.22. The molecule has 0 fully saturated rings. The van der Waals surface area contributed by atoms with Gasteiger partial charge in [-0.1, -0.05) is 18.6 Å². The van der Waals surface area contributed by atoms with Gasteiger partial charge in [0.1, 0.15) is 5.75 Å². The van der Waals surface area contributed by atoms with E-state index in [-0.39, 0.29) is 5.78 Å². The first-order valence-corrected chi connectivity index (χ1v) is 7.23. The van der Waals surface area contributed by atoms with E-state index in [1.807, 2.05) is 24.3 Å². The lowest BCUT2D eigenvalue weighted by molar-refractivity contribution is 0.0991. The second-order valence-electron chi connectivity index (χ2n) is 5.08. The van der Waals surface area contributed by atoms with Crippen LogP contribution in [0.3, 0.4) is 0 Å². The van der Waals surface area contributed by atoms with E-state index in [9.17, 15) is 4.79 Å². The summed E-state index contributed by atoms with van der Waals surface area (Å²) in [6.07, 6.45) is 8.52. The maximum atomic E-state index is 12.2. The topological polar surface area (TPSA) is 26.3 Å². The number of allylic oxidation sites excluding steroid dienone is 2. The van der Waals surface area contributed by atoms with Crippen LogP contribution in [-0.2, 0) is 0 Å². The van der Waals surface area contributed by atoms with Crippen LogP contribution in [0.4, 0.5) is 0 Å². The lowest BCUT2D eigenvalue weighted by Gasteiger charge is -2.12. The van der Waals surface area contributed by atoms with Gasteiger partial charge in [0.2, 0.25) is 0 Å². The molecule has 0 bridgehead atoms. The fraction of sp³-hybridized carbons (Fsp3) is 0.471. The number of ketones is 1. The van der Waals surface area contributed by atoms with Crippen molar-refractivity contribution in [1.82, 2.24) is 0 Å². The molecule has 2 heteroatoms. The van der Waals surface area contributed by atoms with Gasteiger partial charge < -0.3 is 4.74 Å². The summed E-state index contributed by atoms with van der Waals surface area (Å²) in [5.74, 6) is 1.06. The molecule has 0 atom stereocenters. The number of ether oxygens (including phenoxy) is 1. The van der Waals surface area contributed by atoms with Gasteiger partial charge in [0, 0.05) is 12.0 Å². The molecular weight excluding hydrogens is 236 g/mol. The molecule has 102 valence electrons. The van der Waals surface area contributed by atoms with Crippen LogP contribution >= 0.6 is 0 Å². The van der Waals surface area contributed by atoms with Crippen LogP contribution < -0.4 is 4.74 Å². The van der Waals surface area contributed by atoms with Gasteiger partial charge in [-0.15, -0.1) is 0 Å². The van der Waals surface area contributed by atoms with Crippen LogP contribution in [0.2, 0.25) is 0 Å². The van der Waals surface area contributed by atoms with Gasteiger partial charge in [-0.3, -0.25) is 4.79 Å². The molecule has 0 aromatic heterocycles. The molecule has 0 N–H and O–H groups in total. The average Bonchev–Trinajstić information content (AvgIpc) is 2.46. The maximum absolute atomic E-state index is 12.2. The van der Waals surface area contributed by atoms with Crippen molar-refractivity contribution >= 4 is 5.78 Å². The number of carbonyl (C=O) groups is 1. The smallest absolute Gasteiger partial charge is 0.166 e. The molecule has 1 aromatic carbocycles. The number of hydrogen-bond donors (Lipinski definition) is 0. The number of Topliss-reactive ketones (excluding diaryl/α,β-unsaturated/α-hetero) is 1. The Morgan fingerprint density at radius 3 is 2.63 bits per heavy atom. The summed E-state index contributed by atoms with van der Waals surface area (Å²) in [6, 6.07) is 7.52. The van der Waals surface area contributed by atoms with Crippen LogP contribution in [0.25, 0.3) is 0 Å². The van der Waals surface area contributed by atoms with E-state index in [1.165, 1.54) is 18.4 Å². The quantitative estimate of drug-likeness (QED) is 0.552. The van der Waals surface area contributed by atoms with E-state index in [4.69, 9.17) is 4.74 Å². The van der Waals surface area contributed by atoms with E-state index >= 15 is 0 Å². The summed E-state index contributed by atoms with van der Waals surface area (Å²) in [7, 11) is 0. The summed E-state index contributed by atoms with van der Waals surface area (Å²) < 4.78 is 5.52. The number of hydrogen-bond acceptors (Lipinski definition) is 2. The van der Waals surface area contributed by atoms with Gasteiger partial charge in [0.15, 0.2) is 5.78 Å². The van der Waals surface area contributed by atoms with Crippen LogP contribution in [-0.4, -0.2) is 12.4 Å². The van der Waals surface area contributed by atoms with Crippen LogP contribution in [0.1, 0.15) is 55.8 Å². The summed E-state index contributed by atoms with van der Waals surface area (Å²) in [5.41, 5.74) is 2.10. The van der Waals surface area contributed by atoms with Crippen molar-refractivity contribution in [2.45, 2.75) is 45.4 Å². The molecule has 0 radical (unpaired) electrons. The first-order chi connectivity index (χ1) is 9.29. The Morgan fingerprint density at radius 1 is 1.21 bits per heavy atom. The molecule has 2 rings (SSSR count). The molecule has 0 heterocycles. The predicted molar refractivity (Wildman–Crippen MR) is 77.7 cm³/mol. The van der Waals surface area contributed by atoms with E-state index < -0.39 is 0 Å². The Hall–Kier alpha value is -1.57. The highest BCUT2D eigenvalue weighted by Gasteiger charge is 2.11. The molecule has 0 saturated carbocycles. The zero-order valence-corrected chi connectivity index (χ0v) is 11.7. The van der Waals surface area contributed by atoms with Crippen molar-refractivity contribution in [3.8, 4) is 5.75 Å². The monoisotopic (exact) mass is 258 g/mol. The van der Waals surface area contributed by atoms with Crippen molar-refractivity contribution in [1.29, 1.82) is 0 Å². The molecule has 0 amide bonds. The molecule has 19 heavy (non-hydrogen) atoms. The standard InChI is InChI=1S/C17H22O2/c1-2-12-19-16-10-8-15(9-11-16)17(18)13-14-6-4-3-5-7-14/h6,8-11H,2-5,7,12-13H2,1H3. The third kappa shape index (κ3) is 4.23. The maximum Gasteiger partial charge on any atom is 0.166 e. The van der Waals surface area contributed by atoms with Crippen LogP contribution in [0, 0.1) is 0 Å². The molecule has 1 aliphatic carbocycles. The summed E-state index contributed by atoms with van der Waals surface area (Å²) in [5, 5.41) is 0. The SMILES string of the molecule is CCCOc1ccc(C(=O)CC2=CCCCC2)cc1. The fourth-order valence-electron chi connectivity index (χ4n) is 2.33. The minimum atomic E-state index is 0.218. The summed E-state index contributed by atoms with van der Waals surface area (Å²) in [4.78, 5) is 12.2. The van der Waals surface area contributed by atoms with E-state index in [1.54, 1.807) is 0 Å². The van der Waals surface area contributed by atoms with E-state index in [2.05, 4.69) is 13.0 Å². The van der Waals surface area contributed by atoms with E-state index in [0.717, 1.165) is 37.2 Å². The van der Waals surface area contributed by atoms with Crippen LogP contribution in [0.15, 0.2) is 35.9 Å². The van der Waals surface area contributed by atoms with E-state index in [0.29, 0.717) is 6.42 Å². The first-order valence-electron chi connectivity index (χ1n) is 7.23. The zero-order chi connectivity index (χ0) is 13.5. The van der Waals surface area contributed by atoms with Crippen molar-refractivity contribution in [2.24, 2.45) is 0 Å². The lowest BCUT2D eigenvalue weighted by Crippen LogP contribution is -2.03. The minimum absolute atomic E-state index is 0.218. The second-order valence-corrected chi connectivity index (χ2v) is 5.08. The molecule has 0 aliphatic heterocycles. The highest BCUT2D eigenvalue weighted by atomic mass is 16.5. The molecule has 1 aromatic rings. The number of benzene rings is 1. The van der Waals surface area contributed by atoms with Crippen molar-refractivity contribution < 1.29 is 9.53 Å². The Kier molecular flexibility index (Phi) is 5.20. The van der Waals surface area contributed by atoms with Crippen molar-refractivity contribution in [2.75, 3.05) is 6.61 Å². The average molecular weight is 258 g/mol. The Morgan fingerprint density at radius 2 is 2.00 bits per heavy atom.